The van der Waals surface area contributed by atoms with Gasteiger partial charge in [-0.25, -0.2) is 0 Å². The van der Waals surface area contributed by atoms with Crippen LogP contribution < -0.4 is 15.5 Å². The first-order valence-electron chi connectivity index (χ1n) is 11.2. The van der Waals surface area contributed by atoms with Crippen LogP contribution in [0.2, 0.25) is 0 Å². The van der Waals surface area contributed by atoms with Crippen LogP contribution in [0.4, 0.5) is 11.4 Å². The van der Waals surface area contributed by atoms with Crippen molar-refractivity contribution in [2.45, 2.75) is 57.4 Å². The van der Waals surface area contributed by atoms with Gasteiger partial charge in [0.05, 0.1) is 0 Å². The Hall–Kier alpha value is -2.08. The smallest absolute Gasteiger partial charge is 0.240 e. The first kappa shape index (κ1) is 20.2. The van der Waals surface area contributed by atoms with E-state index >= 15 is 0 Å². The normalized spacial score (nSPS) is 22.6. The molecule has 3 fully saturated rings. The molecule has 2 aliphatic carbocycles. The molecule has 1 saturated heterocycles. The van der Waals surface area contributed by atoms with E-state index in [9.17, 15) is 9.59 Å². The van der Waals surface area contributed by atoms with Crippen molar-refractivity contribution in [1.29, 1.82) is 0 Å². The number of benzene rings is 1. The highest BCUT2D eigenvalue weighted by Crippen LogP contribution is 2.47. The lowest BCUT2D eigenvalue weighted by Gasteiger charge is -2.34. The Morgan fingerprint density at radius 3 is 2.10 bits per heavy atom. The van der Waals surface area contributed by atoms with E-state index in [2.05, 4.69) is 39.6 Å². The Morgan fingerprint density at radius 2 is 1.52 bits per heavy atom. The number of piperazine rings is 1. The van der Waals surface area contributed by atoms with E-state index < -0.39 is 5.41 Å². The summed E-state index contributed by atoms with van der Waals surface area (Å²) in [5.41, 5.74) is 1.09. The molecule has 2 N–H and O–H groups in total. The third kappa shape index (κ3) is 4.74. The highest BCUT2D eigenvalue weighted by Gasteiger charge is 2.56. The van der Waals surface area contributed by atoms with E-state index in [4.69, 9.17) is 0 Å². The van der Waals surface area contributed by atoms with Gasteiger partial charge in [0.15, 0.2) is 0 Å². The molecular weight excluding hydrogens is 364 g/mol. The Morgan fingerprint density at radius 1 is 0.897 bits per heavy atom. The molecule has 6 nitrogen and oxygen atoms in total. The highest BCUT2D eigenvalue weighted by molar-refractivity contribution is 6.13. The van der Waals surface area contributed by atoms with Crippen LogP contribution in [0.5, 0.6) is 0 Å². The van der Waals surface area contributed by atoms with Gasteiger partial charge >= 0.3 is 0 Å². The zero-order chi connectivity index (χ0) is 20.3. The number of nitrogens with zero attached hydrogens (tertiary/aromatic N) is 2. The summed E-state index contributed by atoms with van der Waals surface area (Å²) in [7, 11) is 2.15. The van der Waals surface area contributed by atoms with Crippen LogP contribution in [-0.2, 0) is 9.59 Å². The zero-order valence-electron chi connectivity index (χ0n) is 17.6. The topological polar surface area (TPSA) is 64.7 Å². The van der Waals surface area contributed by atoms with Crippen molar-refractivity contribution >= 4 is 23.2 Å². The largest absolute Gasteiger partial charge is 0.369 e. The van der Waals surface area contributed by atoms with E-state index in [-0.39, 0.29) is 17.9 Å². The number of nitrogens with one attached hydrogen (secondary N) is 2. The molecule has 29 heavy (non-hydrogen) atoms. The average Bonchev–Trinajstić information content (AvgIpc) is 3.55. The number of carbonyl (C=O) groups is 2. The number of carbonyl (C=O) groups excluding carboxylic acids is 2. The molecule has 0 aromatic heterocycles. The van der Waals surface area contributed by atoms with Crippen molar-refractivity contribution in [3.63, 3.8) is 0 Å². The van der Waals surface area contributed by atoms with Crippen LogP contribution in [0.25, 0.3) is 0 Å². The van der Waals surface area contributed by atoms with Gasteiger partial charge in [-0.1, -0.05) is 25.7 Å². The van der Waals surface area contributed by atoms with Crippen molar-refractivity contribution in [3.8, 4) is 0 Å². The molecule has 0 bridgehead atoms. The lowest BCUT2D eigenvalue weighted by molar-refractivity contribution is -0.134. The molecule has 0 unspecified atom stereocenters. The minimum atomic E-state index is -0.859. The monoisotopic (exact) mass is 398 g/mol. The molecule has 158 valence electrons. The Labute approximate surface area is 174 Å². The first-order valence-corrected chi connectivity index (χ1v) is 11.2. The van der Waals surface area contributed by atoms with Gasteiger partial charge in [0.25, 0.3) is 0 Å². The maximum absolute atomic E-state index is 12.9. The third-order valence-corrected chi connectivity index (χ3v) is 6.80. The summed E-state index contributed by atoms with van der Waals surface area (Å²) < 4.78 is 0. The van der Waals surface area contributed by atoms with Crippen LogP contribution in [0.1, 0.15) is 51.4 Å². The maximum Gasteiger partial charge on any atom is 0.240 e. The molecule has 1 aromatic rings. The summed E-state index contributed by atoms with van der Waals surface area (Å²) in [5, 5.41) is 6.16. The fourth-order valence-electron chi connectivity index (χ4n) is 4.50. The minimum absolute atomic E-state index is 0.0732. The van der Waals surface area contributed by atoms with Crippen molar-refractivity contribution in [3.05, 3.63) is 24.3 Å². The van der Waals surface area contributed by atoms with Gasteiger partial charge in [-0.2, -0.15) is 0 Å². The van der Waals surface area contributed by atoms with E-state index in [1.54, 1.807) is 0 Å². The lowest BCUT2D eigenvalue weighted by Crippen LogP contribution is -2.44. The van der Waals surface area contributed by atoms with E-state index in [1.165, 1.54) is 31.4 Å². The van der Waals surface area contributed by atoms with Crippen LogP contribution >= 0.6 is 0 Å². The number of anilines is 2. The second-order valence-electron chi connectivity index (χ2n) is 9.04. The van der Waals surface area contributed by atoms with Gasteiger partial charge < -0.3 is 20.4 Å². The Kier molecular flexibility index (Phi) is 6.09. The third-order valence-electron chi connectivity index (χ3n) is 6.80. The standard InChI is InChI=1S/C23H34N4O2/c1-26-14-16-27(17-15-26)20-10-8-19(9-11-20)25-22(29)23(12-13-23)21(28)24-18-6-4-2-3-5-7-18/h8-11,18H,2-7,12-17H2,1H3,(H,24,28)(H,25,29). The summed E-state index contributed by atoms with van der Waals surface area (Å²) in [6, 6.07) is 8.26. The summed E-state index contributed by atoms with van der Waals surface area (Å²) in [4.78, 5) is 30.4. The first-order chi connectivity index (χ1) is 14.1. The van der Waals surface area contributed by atoms with Gasteiger partial charge in [0, 0.05) is 43.6 Å². The summed E-state index contributed by atoms with van der Waals surface area (Å²) in [5.74, 6) is -0.230. The molecule has 2 amide bonds. The fraction of sp³-hybridized carbons (Fsp3) is 0.652. The van der Waals surface area contributed by atoms with Crippen LogP contribution in [-0.4, -0.2) is 56.0 Å². The van der Waals surface area contributed by atoms with Crippen molar-refractivity contribution in [2.24, 2.45) is 5.41 Å². The van der Waals surface area contributed by atoms with Gasteiger partial charge in [0.1, 0.15) is 5.41 Å². The second-order valence-corrected chi connectivity index (χ2v) is 9.04. The number of hydrogen-bond acceptors (Lipinski definition) is 4. The molecule has 4 rings (SSSR count). The van der Waals surface area contributed by atoms with Gasteiger partial charge in [0.2, 0.25) is 11.8 Å². The van der Waals surface area contributed by atoms with Crippen molar-refractivity contribution < 1.29 is 9.59 Å². The van der Waals surface area contributed by atoms with Gasteiger partial charge in [-0.05, 0) is 57.0 Å². The SMILES string of the molecule is CN1CCN(c2ccc(NC(=O)C3(C(=O)NC4CCCCCC4)CC3)cc2)CC1. The lowest BCUT2D eigenvalue weighted by atomic mass is 10.0. The molecule has 0 spiro atoms. The molecular formula is C23H34N4O2. The zero-order valence-corrected chi connectivity index (χ0v) is 17.6. The number of hydrogen-bond donors (Lipinski definition) is 2. The van der Waals surface area contributed by atoms with Gasteiger partial charge in [-0.15, -0.1) is 0 Å². The summed E-state index contributed by atoms with van der Waals surface area (Å²) in [6.07, 6.45) is 8.22. The van der Waals surface area contributed by atoms with Crippen LogP contribution in [0, 0.1) is 5.41 Å². The molecule has 1 aliphatic heterocycles. The molecule has 0 radical (unpaired) electrons. The Balaban J connectivity index is 1.33. The highest BCUT2D eigenvalue weighted by atomic mass is 16.2. The summed E-state index contributed by atoms with van der Waals surface area (Å²) in [6.45, 7) is 4.17. The van der Waals surface area contributed by atoms with E-state index in [0.29, 0.717) is 12.8 Å². The number of rotatable bonds is 5. The molecule has 0 atom stereocenters. The molecule has 6 heteroatoms. The Bertz CT molecular complexity index is 713. The van der Waals surface area contributed by atoms with Crippen molar-refractivity contribution in [2.75, 3.05) is 43.4 Å². The number of amides is 2. The predicted molar refractivity (Wildman–Crippen MR) is 116 cm³/mol. The van der Waals surface area contributed by atoms with Crippen molar-refractivity contribution in [1.82, 2.24) is 10.2 Å². The van der Waals surface area contributed by atoms with Gasteiger partial charge in [-0.3, -0.25) is 9.59 Å². The van der Waals surface area contributed by atoms with E-state index in [1.807, 2.05) is 12.1 Å². The predicted octanol–water partition coefficient (Wildman–Crippen LogP) is 3.00. The average molecular weight is 399 g/mol. The van der Waals surface area contributed by atoms with Crippen LogP contribution in [0.3, 0.4) is 0 Å². The molecule has 1 heterocycles. The second kappa shape index (κ2) is 8.74. The molecule has 3 aliphatic rings. The summed E-state index contributed by atoms with van der Waals surface area (Å²) >= 11 is 0. The molecule has 2 saturated carbocycles. The fourth-order valence-corrected chi connectivity index (χ4v) is 4.50. The minimum Gasteiger partial charge on any atom is -0.369 e. The molecule has 1 aromatic carbocycles. The number of likely N-dealkylation sites (N-methyl/N-ethyl adjacent to an activating group) is 1. The van der Waals surface area contributed by atoms with Crippen LogP contribution in [0.15, 0.2) is 24.3 Å². The van der Waals surface area contributed by atoms with E-state index in [0.717, 1.165) is 44.7 Å². The quantitative estimate of drug-likeness (QED) is 0.591. The maximum atomic E-state index is 12.9.